The minimum atomic E-state index is -0.228. The Kier molecular flexibility index (Phi) is 4.36. The Morgan fingerprint density at radius 3 is 1.31 bits per heavy atom. The molecule has 144 valence electrons. The number of hydrogen-bond donors (Lipinski definition) is 5. The Bertz CT molecular complexity index is 1140. The van der Waals surface area contributed by atoms with Crippen molar-refractivity contribution in [1.82, 2.24) is 15.0 Å². The van der Waals surface area contributed by atoms with Gasteiger partial charge in [0.15, 0.2) is 17.5 Å². The highest BCUT2D eigenvalue weighted by Gasteiger charge is 2.17. The summed E-state index contributed by atoms with van der Waals surface area (Å²) in [5.74, 6) is -0.139. The van der Waals surface area contributed by atoms with Crippen LogP contribution in [0.1, 0.15) is 0 Å². The summed E-state index contributed by atoms with van der Waals surface area (Å²) in [6, 6.07) is 14.2. The van der Waals surface area contributed by atoms with Crippen LogP contribution >= 0.6 is 0 Å². The fraction of sp³-hybridized carbons (Fsp3) is 0. The molecular formula is C21H15N3O5. The van der Waals surface area contributed by atoms with Crippen LogP contribution in [-0.2, 0) is 0 Å². The standard InChI is InChI=1S/C21H15N3O5/c25-12-3-1-11(2-4-12)19-22-20(15-7-5-13(26)9-17(15)28)24-21(23-19)16-8-6-14(27)10-18(16)29/h1-10,25-29H. The molecule has 8 heteroatoms. The van der Waals surface area contributed by atoms with Gasteiger partial charge in [-0.25, -0.2) is 15.0 Å². The Hall–Kier alpha value is -4.33. The van der Waals surface area contributed by atoms with E-state index in [0.717, 1.165) is 12.1 Å². The highest BCUT2D eigenvalue weighted by Crippen LogP contribution is 2.35. The Morgan fingerprint density at radius 2 is 0.862 bits per heavy atom. The maximum absolute atomic E-state index is 10.2. The van der Waals surface area contributed by atoms with E-state index in [9.17, 15) is 25.5 Å². The van der Waals surface area contributed by atoms with Crippen LogP contribution in [-0.4, -0.2) is 40.5 Å². The molecule has 29 heavy (non-hydrogen) atoms. The van der Waals surface area contributed by atoms with Crippen LogP contribution in [0.3, 0.4) is 0 Å². The van der Waals surface area contributed by atoms with Gasteiger partial charge in [-0.2, -0.15) is 0 Å². The van der Waals surface area contributed by atoms with E-state index in [4.69, 9.17) is 0 Å². The van der Waals surface area contributed by atoms with Crippen molar-refractivity contribution >= 4 is 0 Å². The van der Waals surface area contributed by atoms with E-state index < -0.39 is 0 Å². The van der Waals surface area contributed by atoms with E-state index in [1.165, 1.54) is 36.4 Å². The van der Waals surface area contributed by atoms with Crippen molar-refractivity contribution in [2.45, 2.75) is 0 Å². The predicted octanol–water partition coefficient (Wildman–Crippen LogP) is 3.40. The van der Waals surface area contributed by atoms with Gasteiger partial charge in [0.25, 0.3) is 0 Å². The zero-order chi connectivity index (χ0) is 20.5. The molecule has 1 aromatic heterocycles. The van der Waals surface area contributed by atoms with Crippen LogP contribution in [0.4, 0.5) is 0 Å². The summed E-state index contributed by atoms with van der Waals surface area (Å²) >= 11 is 0. The lowest BCUT2D eigenvalue weighted by Crippen LogP contribution is -2.00. The van der Waals surface area contributed by atoms with Gasteiger partial charge in [0.2, 0.25) is 0 Å². The Morgan fingerprint density at radius 1 is 0.448 bits per heavy atom. The molecule has 4 rings (SSSR count). The largest absolute Gasteiger partial charge is 0.508 e. The molecule has 0 spiro atoms. The number of nitrogens with zero attached hydrogens (tertiary/aromatic N) is 3. The average molecular weight is 389 g/mol. The fourth-order valence-corrected chi connectivity index (χ4v) is 2.77. The summed E-state index contributed by atoms with van der Waals surface area (Å²) in [5, 5.41) is 49.1. The third-order valence-corrected chi connectivity index (χ3v) is 4.21. The number of phenols is 5. The molecule has 0 aliphatic heterocycles. The van der Waals surface area contributed by atoms with Crippen LogP contribution in [0, 0.1) is 0 Å². The number of phenolic OH excluding ortho intramolecular Hbond substituents is 5. The molecule has 4 aromatic rings. The summed E-state index contributed by atoms with van der Waals surface area (Å²) < 4.78 is 0. The number of aromatic nitrogens is 3. The Balaban J connectivity index is 1.95. The van der Waals surface area contributed by atoms with E-state index in [-0.39, 0.29) is 57.3 Å². The lowest BCUT2D eigenvalue weighted by atomic mass is 10.1. The molecule has 1 heterocycles. The first kappa shape index (κ1) is 18.1. The first-order chi connectivity index (χ1) is 13.9. The topological polar surface area (TPSA) is 140 Å². The summed E-state index contributed by atoms with van der Waals surface area (Å²) in [4.78, 5) is 13.1. The molecule has 5 N–H and O–H groups in total. The zero-order valence-corrected chi connectivity index (χ0v) is 14.9. The van der Waals surface area contributed by atoms with Crippen molar-refractivity contribution in [3.05, 3.63) is 60.7 Å². The second-order valence-electron chi connectivity index (χ2n) is 6.26. The third kappa shape index (κ3) is 3.59. The van der Waals surface area contributed by atoms with Crippen molar-refractivity contribution in [1.29, 1.82) is 0 Å². The van der Waals surface area contributed by atoms with Crippen molar-refractivity contribution in [2.75, 3.05) is 0 Å². The first-order valence-corrected chi connectivity index (χ1v) is 8.51. The lowest BCUT2D eigenvalue weighted by Gasteiger charge is -2.10. The predicted molar refractivity (Wildman–Crippen MR) is 104 cm³/mol. The van der Waals surface area contributed by atoms with Crippen LogP contribution < -0.4 is 0 Å². The van der Waals surface area contributed by atoms with Gasteiger partial charge in [-0.3, -0.25) is 0 Å². The molecule has 0 fully saturated rings. The van der Waals surface area contributed by atoms with Crippen LogP contribution in [0.2, 0.25) is 0 Å². The lowest BCUT2D eigenvalue weighted by molar-refractivity contribution is 0.451. The minimum Gasteiger partial charge on any atom is -0.508 e. The average Bonchev–Trinajstić information content (AvgIpc) is 2.68. The number of hydrogen-bond acceptors (Lipinski definition) is 8. The maximum atomic E-state index is 10.2. The van der Waals surface area contributed by atoms with Crippen molar-refractivity contribution < 1.29 is 25.5 Å². The SMILES string of the molecule is Oc1ccc(-c2nc(-c3ccc(O)cc3O)nc(-c3ccc(O)cc3O)n2)cc1. The van der Waals surface area contributed by atoms with E-state index in [1.807, 2.05) is 0 Å². The minimum absolute atomic E-state index is 0.0793. The van der Waals surface area contributed by atoms with E-state index in [1.54, 1.807) is 12.1 Å². The van der Waals surface area contributed by atoms with Gasteiger partial charge >= 0.3 is 0 Å². The number of rotatable bonds is 3. The Labute approximate surface area is 164 Å². The van der Waals surface area contributed by atoms with Crippen LogP contribution in [0.5, 0.6) is 28.7 Å². The zero-order valence-electron chi connectivity index (χ0n) is 14.9. The molecule has 0 aliphatic carbocycles. The number of benzene rings is 3. The molecule has 8 nitrogen and oxygen atoms in total. The summed E-state index contributed by atoms with van der Waals surface area (Å²) in [5.41, 5.74) is 1.08. The highest BCUT2D eigenvalue weighted by molar-refractivity contribution is 5.72. The van der Waals surface area contributed by atoms with Crippen LogP contribution in [0.25, 0.3) is 34.2 Å². The molecule has 0 amide bonds. The molecular weight excluding hydrogens is 374 g/mol. The van der Waals surface area contributed by atoms with Crippen molar-refractivity contribution in [3.63, 3.8) is 0 Å². The number of aromatic hydroxyl groups is 5. The fourth-order valence-electron chi connectivity index (χ4n) is 2.77. The second-order valence-corrected chi connectivity index (χ2v) is 6.26. The van der Waals surface area contributed by atoms with Gasteiger partial charge in [-0.1, -0.05) is 0 Å². The molecule has 0 saturated heterocycles. The van der Waals surface area contributed by atoms with Gasteiger partial charge in [0.1, 0.15) is 28.7 Å². The first-order valence-electron chi connectivity index (χ1n) is 8.51. The second kappa shape index (κ2) is 7.01. The van der Waals surface area contributed by atoms with Crippen LogP contribution in [0.15, 0.2) is 60.7 Å². The molecule has 0 bridgehead atoms. The van der Waals surface area contributed by atoms with Gasteiger partial charge in [-0.15, -0.1) is 0 Å². The van der Waals surface area contributed by atoms with Gasteiger partial charge in [0, 0.05) is 17.7 Å². The van der Waals surface area contributed by atoms with E-state index in [0.29, 0.717) is 5.56 Å². The molecule has 0 atom stereocenters. The monoisotopic (exact) mass is 389 g/mol. The summed E-state index contributed by atoms with van der Waals surface area (Å²) in [6.07, 6.45) is 0. The van der Waals surface area contributed by atoms with Crippen molar-refractivity contribution in [3.8, 4) is 62.9 Å². The smallest absolute Gasteiger partial charge is 0.167 e. The molecule has 0 saturated carbocycles. The van der Waals surface area contributed by atoms with Crippen molar-refractivity contribution in [2.24, 2.45) is 0 Å². The van der Waals surface area contributed by atoms with Gasteiger partial charge < -0.3 is 25.5 Å². The molecule has 3 aromatic carbocycles. The van der Waals surface area contributed by atoms with E-state index >= 15 is 0 Å². The normalized spacial score (nSPS) is 10.8. The highest BCUT2D eigenvalue weighted by atomic mass is 16.3. The van der Waals surface area contributed by atoms with E-state index in [2.05, 4.69) is 15.0 Å². The molecule has 0 aliphatic rings. The quantitative estimate of drug-likeness (QED) is 0.359. The molecule has 0 unspecified atom stereocenters. The van der Waals surface area contributed by atoms with Gasteiger partial charge in [0.05, 0.1) is 11.1 Å². The summed E-state index contributed by atoms with van der Waals surface area (Å²) in [7, 11) is 0. The maximum Gasteiger partial charge on any atom is 0.167 e. The summed E-state index contributed by atoms with van der Waals surface area (Å²) in [6.45, 7) is 0. The third-order valence-electron chi connectivity index (χ3n) is 4.21. The molecule has 0 radical (unpaired) electrons. The van der Waals surface area contributed by atoms with Gasteiger partial charge in [-0.05, 0) is 48.5 Å².